The molecule has 218 valence electrons. The number of benzene rings is 7. The van der Waals surface area contributed by atoms with Gasteiger partial charge in [0.25, 0.3) is 0 Å². The van der Waals surface area contributed by atoms with E-state index in [1.807, 2.05) is 30.3 Å². The van der Waals surface area contributed by atoms with Crippen LogP contribution in [0.25, 0.3) is 49.0 Å². The summed E-state index contributed by atoms with van der Waals surface area (Å²) < 4.78 is 2.34. The maximum absolute atomic E-state index is 6.62. The number of aliphatic imine (C=N–C) groups is 2. The van der Waals surface area contributed by atoms with Crippen LogP contribution in [0.1, 0.15) is 22.9 Å². The van der Waals surface area contributed by atoms with Crippen molar-refractivity contribution in [2.45, 2.75) is 6.17 Å². The zero-order valence-corrected chi connectivity index (χ0v) is 25.5. The van der Waals surface area contributed by atoms with Crippen molar-refractivity contribution in [1.29, 1.82) is 0 Å². The van der Waals surface area contributed by atoms with Crippen molar-refractivity contribution in [3.05, 3.63) is 173 Å². The molecule has 0 spiro atoms. The van der Waals surface area contributed by atoms with Crippen LogP contribution < -0.4 is 5.32 Å². The third kappa shape index (κ3) is 4.46. The number of halogens is 1. The van der Waals surface area contributed by atoms with Crippen LogP contribution >= 0.6 is 11.6 Å². The van der Waals surface area contributed by atoms with Gasteiger partial charge in [0.05, 0.1) is 11.0 Å². The summed E-state index contributed by atoms with van der Waals surface area (Å²) in [5.74, 6) is 1.52. The van der Waals surface area contributed by atoms with E-state index in [9.17, 15) is 0 Å². The van der Waals surface area contributed by atoms with Gasteiger partial charge in [0.15, 0.2) is 5.84 Å². The van der Waals surface area contributed by atoms with Crippen molar-refractivity contribution in [3.8, 4) is 5.69 Å². The Bertz CT molecular complexity index is 2510. The van der Waals surface area contributed by atoms with Crippen molar-refractivity contribution >= 4 is 66.6 Å². The molecule has 2 heterocycles. The van der Waals surface area contributed by atoms with E-state index in [1.165, 1.54) is 21.5 Å². The van der Waals surface area contributed by atoms with E-state index in [0.29, 0.717) is 5.84 Å². The molecular formula is C41H27ClN4. The van der Waals surface area contributed by atoms with Gasteiger partial charge in [-0.2, -0.15) is 0 Å². The Morgan fingerprint density at radius 2 is 1.30 bits per heavy atom. The van der Waals surface area contributed by atoms with Gasteiger partial charge in [-0.3, -0.25) is 0 Å². The van der Waals surface area contributed by atoms with Crippen LogP contribution in [0.5, 0.6) is 0 Å². The largest absolute Gasteiger partial charge is 0.344 e. The third-order valence-corrected chi connectivity index (χ3v) is 9.21. The molecule has 1 aromatic heterocycles. The minimum absolute atomic E-state index is 0.299. The predicted octanol–water partition coefficient (Wildman–Crippen LogP) is 10.2. The van der Waals surface area contributed by atoms with E-state index in [-0.39, 0.29) is 6.17 Å². The number of amidine groups is 2. The molecule has 1 aliphatic rings. The second-order valence-corrected chi connectivity index (χ2v) is 12.1. The average Bonchev–Trinajstić information content (AvgIpc) is 3.44. The van der Waals surface area contributed by atoms with Crippen molar-refractivity contribution < 1.29 is 0 Å². The lowest BCUT2D eigenvalue weighted by atomic mass is 10.0. The molecule has 0 bridgehead atoms. The van der Waals surface area contributed by atoms with Gasteiger partial charge >= 0.3 is 0 Å². The summed E-state index contributed by atoms with van der Waals surface area (Å²) in [5, 5.41) is 11.3. The van der Waals surface area contributed by atoms with Gasteiger partial charge < -0.3 is 9.88 Å². The maximum Gasteiger partial charge on any atom is 0.159 e. The van der Waals surface area contributed by atoms with Crippen molar-refractivity contribution in [1.82, 2.24) is 9.88 Å². The van der Waals surface area contributed by atoms with Gasteiger partial charge in [0, 0.05) is 38.0 Å². The van der Waals surface area contributed by atoms with Gasteiger partial charge in [0.2, 0.25) is 0 Å². The number of aromatic nitrogens is 1. The molecule has 8 aromatic rings. The normalized spacial score (nSPS) is 14.8. The third-order valence-electron chi connectivity index (χ3n) is 8.88. The molecule has 0 saturated carbocycles. The Hall–Kier alpha value is -5.71. The summed E-state index contributed by atoms with van der Waals surface area (Å²) in [6, 6.07) is 52.9. The maximum atomic E-state index is 6.62. The fraction of sp³-hybridized carbons (Fsp3) is 0.0244. The van der Waals surface area contributed by atoms with Gasteiger partial charge in [-0.05, 0) is 64.2 Å². The van der Waals surface area contributed by atoms with Crippen molar-refractivity contribution in [2.75, 3.05) is 0 Å². The first-order valence-electron chi connectivity index (χ1n) is 15.4. The van der Waals surface area contributed by atoms with E-state index in [1.54, 1.807) is 0 Å². The molecule has 0 radical (unpaired) electrons. The molecule has 0 saturated heterocycles. The van der Waals surface area contributed by atoms with Crippen LogP contribution in [0.15, 0.2) is 162 Å². The summed E-state index contributed by atoms with van der Waals surface area (Å²) in [5.41, 5.74) is 6.46. The van der Waals surface area contributed by atoms with E-state index >= 15 is 0 Å². The Morgan fingerprint density at radius 1 is 0.543 bits per heavy atom. The monoisotopic (exact) mass is 610 g/mol. The van der Waals surface area contributed by atoms with Crippen LogP contribution in [-0.4, -0.2) is 16.2 Å². The van der Waals surface area contributed by atoms with Crippen molar-refractivity contribution in [3.63, 3.8) is 0 Å². The summed E-state index contributed by atoms with van der Waals surface area (Å²) in [4.78, 5) is 10.1. The van der Waals surface area contributed by atoms with E-state index < -0.39 is 0 Å². The highest BCUT2D eigenvalue weighted by molar-refractivity contribution is 6.36. The fourth-order valence-corrected chi connectivity index (χ4v) is 6.84. The van der Waals surface area contributed by atoms with Crippen LogP contribution in [-0.2, 0) is 0 Å². The fourth-order valence-electron chi connectivity index (χ4n) is 6.61. The average molecular weight is 611 g/mol. The molecule has 46 heavy (non-hydrogen) atoms. The summed E-state index contributed by atoms with van der Waals surface area (Å²) in [6.45, 7) is 0. The molecule has 1 atom stereocenters. The molecule has 4 nitrogen and oxygen atoms in total. The number of hydrogen-bond donors (Lipinski definition) is 1. The van der Waals surface area contributed by atoms with Gasteiger partial charge in [-0.25, -0.2) is 9.98 Å². The lowest BCUT2D eigenvalue weighted by Gasteiger charge is -2.24. The zero-order chi connectivity index (χ0) is 30.6. The quantitative estimate of drug-likeness (QED) is 0.212. The SMILES string of the molecule is Clc1cccc2cc3c(cc12)c1ccccc1n3-c1ccc(C2N=C(c3ccccc3)N=C(c3ccc4ccccc4c3)N2)cc1. The van der Waals surface area contributed by atoms with E-state index in [2.05, 4.69) is 131 Å². The van der Waals surface area contributed by atoms with Crippen LogP contribution in [0, 0.1) is 0 Å². The second-order valence-electron chi connectivity index (χ2n) is 11.7. The van der Waals surface area contributed by atoms with E-state index in [0.717, 1.165) is 55.0 Å². The molecule has 0 amide bonds. The van der Waals surface area contributed by atoms with E-state index in [4.69, 9.17) is 21.6 Å². The zero-order valence-electron chi connectivity index (χ0n) is 24.7. The molecule has 1 N–H and O–H groups in total. The number of nitrogens with one attached hydrogen (secondary N) is 1. The molecule has 0 aliphatic carbocycles. The standard InChI is InChI=1S/C41H27ClN4/c42-36-15-8-13-30-24-38-35(25-34(30)36)33-14-6-7-16-37(33)46(38)32-21-19-28(20-22-32)40-43-39(27-10-2-1-3-11-27)44-41(45-40)31-18-17-26-9-4-5-12-29(26)23-31/h1-25,40H,(H,43,44,45). The molecule has 9 rings (SSSR count). The number of hydrogen-bond acceptors (Lipinski definition) is 3. The van der Waals surface area contributed by atoms with Crippen LogP contribution in [0.3, 0.4) is 0 Å². The molecule has 7 aromatic carbocycles. The Kier molecular flexibility index (Phi) is 6.22. The summed E-state index contributed by atoms with van der Waals surface area (Å²) in [6.07, 6.45) is -0.299. The summed E-state index contributed by atoms with van der Waals surface area (Å²) >= 11 is 6.62. The number of para-hydroxylation sites is 1. The Labute approximate surface area is 270 Å². The van der Waals surface area contributed by atoms with Gasteiger partial charge in [0.1, 0.15) is 12.0 Å². The first-order valence-corrected chi connectivity index (χ1v) is 15.8. The smallest absolute Gasteiger partial charge is 0.159 e. The highest BCUT2D eigenvalue weighted by atomic mass is 35.5. The lowest BCUT2D eigenvalue weighted by Crippen LogP contribution is -2.33. The molecule has 5 heteroatoms. The Balaban J connectivity index is 1.14. The number of fused-ring (bicyclic) bond motifs is 5. The number of nitrogens with zero attached hydrogens (tertiary/aromatic N) is 3. The predicted molar refractivity (Wildman–Crippen MR) is 193 cm³/mol. The highest BCUT2D eigenvalue weighted by Crippen LogP contribution is 2.37. The molecule has 0 fully saturated rings. The minimum atomic E-state index is -0.299. The molecule has 1 unspecified atom stereocenters. The van der Waals surface area contributed by atoms with Gasteiger partial charge in [-0.15, -0.1) is 0 Å². The highest BCUT2D eigenvalue weighted by Gasteiger charge is 2.22. The first-order chi connectivity index (χ1) is 22.7. The number of rotatable bonds is 4. The van der Waals surface area contributed by atoms with Gasteiger partial charge in [-0.1, -0.05) is 121 Å². The lowest BCUT2D eigenvalue weighted by molar-refractivity contribution is 0.674. The Morgan fingerprint density at radius 3 is 2.17 bits per heavy atom. The topological polar surface area (TPSA) is 41.7 Å². The van der Waals surface area contributed by atoms with Crippen LogP contribution in [0.4, 0.5) is 0 Å². The first kappa shape index (κ1) is 26.7. The summed E-state index contributed by atoms with van der Waals surface area (Å²) in [7, 11) is 0. The molecule has 1 aliphatic heterocycles. The second kappa shape index (κ2) is 10.7. The minimum Gasteiger partial charge on any atom is -0.344 e. The van der Waals surface area contributed by atoms with Crippen LogP contribution in [0.2, 0.25) is 5.02 Å². The van der Waals surface area contributed by atoms with Crippen molar-refractivity contribution in [2.24, 2.45) is 9.98 Å². The molecular weight excluding hydrogens is 584 g/mol.